The van der Waals surface area contributed by atoms with E-state index in [1.54, 1.807) is 42.5 Å². The van der Waals surface area contributed by atoms with Gasteiger partial charge in [-0.15, -0.1) is 0 Å². The molecule has 2 N–H and O–H groups in total. The van der Waals surface area contributed by atoms with Crippen LogP contribution in [0.25, 0.3) is 22.1 Å². The topological polar surface area (TPSA) is 93.6 Å². The first-order valence-corrected chi connectivity index (χ1v) is 7.96. The number of nitrogens with zero attached hydrogens (tertiary/aromatic N) is 1. The number of nitrogen functional groups attached to an aromatic ring is 1. The first kappa shape index (κ1) is 15.8. The van der Waals surface area contributed by atoms with Crippen molar-refractivity contribution in [3.63, 3.8) is 0 Å². The molecule has 0 saturated carbocycles. The summed E-state index contributed by atoms with van der Waals surface area (Å²) in [6.45, 7) is 1.82. The van der Waals surface area contributed by atoms with Crippen molar-refractivity contribution < 1.29 is 14.0 Å². The maximum absolute atomic E-state index is 12.5. The van der Waals surface area contributed by atoms with Crippen LogP contribution in [0.3, 0.4) is 0 Å². The van der Waals surface area contributed by atoms with Gasteiger partial charge in [0.2, 0.25) is 0 Å². The van der Waals surface area contributed by atoms with Crippen LogP contribution in [-0.2, 0) is 9.59 Å². The Bertz CT molecular complexity index is 1140. The van der Waals surface area contributed by atoms with Crippen molar-refractivity contribution in [1.82, 2.24) is 0 Å². The minimum Gasteiger partial charge on any atom is -0.422 e. The van der Waals surface area contributed by atoms with E-state index < -0.39 is 17.4 Å². The van der Waals surface area contributed by atoms with E-state index in [0.717, 1.165) is 10.5 Å². The number of aryl methyl sites for hydroxylation is 1. The molecule has 1 aliphatic rings. The molecule has 6 heteroatoms. The Labute approximate surface area is 148 Å². The molecular formula is C20H14N2O4. The van der Waals surface area contributed by atoms with Gasteiger partial charge in [-0.2, -0.15) is 0 Å². The summed E-state index contributed by atoms with van der Waals surface area (Å²) in [5, 5.41) is 0.695. The number of imide groups is 1. The zero-order chi connectivity index (χ0) is 18.4. The highest BCUT2D eigenvalue weighted by molar-refractivity contribution is 6.28. The molecule has 4 rings (SSSR count). The number of rotatable bonds is 2. The Morgan fingerprint density at radius 3 is 2.23 bits per heavy atom. The van der Waals surface area contributed by atoms with Crippen LogP contribution < -0.4 is 16.3 Å². The molecule has 0 atom stereocenters. The van der Waals surface area contributed by atoms with E-state index >= 15 is 0 Å². The van der Waals surface area contributed by atoms with Crippen molar-refractivity contribution in [3.05, 3.63) is 70.6 Å². The van der Waals surface area contributed by atoms with E-state index in [2.05, 4.69) is 0 Å². The number of hydrogen-bond donors (Lipinski definition) is 1. The Morgan fingerprint density at radius 2 is 1.58 bits per heavy atom. The predicted octanol–water partition coefficient (Wildman–Crippen LogP) is 2.78. The molecule has 0 aliphatic carbocycles. The number of nitrogens with two attached hydrogens (primary N) is 1. The fourth-order valence-corrected chi connectivity index (χ4v) is 3.23. The SMILES string of the molecule is Cc1c(-c2ccc(N3C(=O)C=CC3=O)cc2)c(=O)oc2cccc(N)c12. The third-order valence-electron chi connectivity index (χ3n) is 4.44. The van der Waals surface area contributed by atoms with Gasteiger partial charge in [0.1, 0.15) is 5.58 Å². The molecule has 0 fully saturated rings. The normalized spacial score (nSPS) is 13.8. The lowest BCUT2D eigenvalue weighted by Gasteiger charge is -2.15. The van der Waals surface area contributed by atoms with Gasteiger partial charge in [0, 0.05) is 23.2 Å². The number of anilines is 2. The Balaban J connectivity index is 1.84. The maximum atomic E-state index is 12.5. The molecule has 0 unspecified atom stereocenters. The van der Waals surface area contributed by atoms with E-state index in [1.807, 2.05) is 6.92 Å². The lowest BCUT2D eigenvalue weighted by atomic mass is 9.98. The van der Waals surface area contributed by atoms with Crippen molar-refractivity contribution in [3.8, 4) is 11.1 Å². The first-order valence-electron chi connectivity index (χ1n) is 7.96. The molecular weight excluding hydrogens is 332 g/mol. The number of carbonyl (C=O) groups excluding carboxylic acids is 2. The summed E-state index contributed by atoms with van der Waals surface area (Å²) in [6.07, 6.45) is 2.45. The van der Waals surface area contributed by atoms with Gasteiger partial charge >= 0.3 is 5.63 Å². The number of carbonyl (C=O) groups is 2. The monoisotopic (exact) mass is 346 g/mol. The summed E-state index contributed by atoms with van der Waals surface area (Å²) in [7, 11) is 0. The highest BCUT2D eigenvalue weighted by Gasteiger charge is 2.25. The molecule has 128 valence electrons. The summed E-state index contributed by atoms with van der Waals surface area (Å²) in [6, 6.07) is 11.8. The van der Waals surface area contributed by atoms with Crippen molar-refractivity contribution in [2.75, 3.05) is 10.6 Å². The van der Waals surface area contributed by atoms with E-state index in [4.69, 9.17) is 10.2 Å². The lowest BCUT2D eigenvalue weighted by Crippen LogP contribution is -2.29. The molecule has 0 bridgehead atoms. The van der Waals surface area contributed by atoms with Gasteiger partial charge in [-0.05, 0) is 42.3 Å². The number of hydrogen-bond acceptors (Lipinski definition) is 5. The second-order valence-corrected chi connectivity index (χ2v) is 6.00. The molecule has 0 saturated heterocycles. The van der Waals surface area contributed by atoms with Crippen LogP contribution in [0.5, 0.6) is 0 Å². The van der Waals surface area contributed by atoms with Crippen LogP contribution in [0.4, 0.5) is 11.4 Å². The molecule has 0 spiro atoms. The van der Waals surface area contributed by atoms with Crippen molar-refractivity contribution in [2.24, 2.45) is 0 Å². The maximum Gasteiger partial charge on any atom is 0.344 e. The van der Waals surface area contributed by atoms with Crippen LogP contribution in [0.1, 0.15) is 5.56 Å². The fraction of sp³-hybridized carbons (Fsp3) is 0.0500. The minimum absolute atomic E-state index is 0.392. The van der Waals surface area contributed by atoms with Gasteiger partial charge in [-0.1, -0.05) is 18.2 Å². The van der Waals surface area contributed by atoms with Crippen LogP contribution in [-0.4, -0.2) is 11.8 Å². The summed E-state index contributed by atoms with van der Waals surface area (Å²) in [4.78, 5) is 37.1. The smallest absolute Gasteiger partial charge is 0.344 e. The molecule has 0 radical (unpaired) electrons. The number of amides is 2. The summed E-state index contributed by atoms with van der Waals surface area (Å²) in [5.41, 5.74) is 8.72. The van der Waals surface area contributed by atoms with Gasteiger partial charge in [0.05, 0.1) is 11.3 Å². The van der Waals surface area contributed by atoms with E-state index in [-0.39, 0.29) is 0 Å². The van der Waals surface area contributed by atoms with Crippen LogP contribution in [0.2, 0.25) is 0 Å². The van der Waals surface area contributed by atoms with E-state index in [1.165, 1.54) is 12.2 Å². The average Bonchev–Trinajstić information content (AvgIpc) is 2.94. The third kappa shape index (κ3) is 2.31. The van der Waals surface area contributed by atoms with Crippen LogP contribution in [0.15, 0.2) is 63.8 Å². The molecule has 6 nitrogen and oxygen atoms in total. The van der Waals surface area contributed by atoms with E-state index in [0.29, 0.717) is 33.5 Å². The largest absolute Gasteiger partial charge is 0.422 e. The van der Waals surface area contributed by atoms with Gasteiger partial charge in [-0.25, -0.2) is 9.69 Å². The summed E-state index contributed by atoms with van der Waals surface area (Å²) in [5.74, 6) is -0.783. The van der Waals surface area contributed by atoms with Gasteiger partial charge < -0.3 is 10.2 Å². The summed E-state index contributed by atoms with van der Waals surface area (Å²) >= 11 is 0. The first-order chi connectivity index (χ1) is 12.5. The molecule has 1 aliphatic heterocycles. The molecule has 2 amide bonds. The molecule has 2 aromatic carbocycles. The lowest BCUT2D eigenvalue weighted by molar-refractivity contribution is -0.119. The Hall–Kier alpha value is -3.67. The summed E-state index contributed by atoms with van der Waals surface area (Å²) < 4.78 is 5.41. The van der Waals surface area contributed by atoms with Gasteiger partial charge in [0.25, 0.3) is 11.8 Å². The van der Waals surface area contributed by atoms with Crippen LogP contribution >= 0.6 is 0 Å². The highest BCUT2D eigenvalue weighted by Crippen LogP contribution is 2.31. The zero-order valence-corrected chi connectivity index (χ0v) is 13.9. The quantitative estimate of drug-likeness (QED) is 0.437. The molecule has 1 aromatic heterocycles. The predicted molar refractivity (Wildman–Crippen MR) is 98.7 cm³/mol. The number of benzene rings is 2. The molecule has 2 heterocycles. The van der Waals surface area contributed by atoms with Crippen LogP contribution in [0, 0.1) is 6.92 Å². The number of fused-ring (bicyclic) bond motifs is 1. The van der Waals surface area contributed by atoms with E-state index in [9.17, 15) is 14.4 Å². The minimum atomic E-state index is -0.469. The Morgan fingerprint density at radius 1 is 0.923 bits per heavy atom. The third-order valence-corrected chi connectivity index (χ3v) is 4.44. The van der Waals surface area contributed by atoms with Gasteiger partial charge in [0.15, 0.2) is 0 Å². The van der Waals surface area contributed by atoms with Crippen molar-refractivity contribution in [2.45, 2.75) is 6.92 Å². The standard InChI is InChI=1S/C20H14N2O4/c1-11-18(20(25)26-15-4-2-3-14(21)19(11)15)12-5-7-13(8-6-12)22-16(23)9-10-17(22)24/h2-10H,21H2,1H3. The Kier molecular flexibility index (Phi) is 3.47. The second-order valence-electron chi connectivity index (χ2n) is 6.00. The fourth-order valence-electron chi connectivity index (χ4n) is 3.23. The molecule has 26 heavy (non-hydrogen) atoms. The average molecular weight is 346 g/mol. The van der Waals surface area contributed by atoms with Crippen molar-refractivity contribution >= 4 is 34.2 Å². The highest BCUT2D eigenvalue weighted by atomic mass is 16.4. The second kappa shape index (κ2) is 5.70. The van der Waals surface area contributed by atoms with Crippen molar-refractivity contribution in [1.29, 1.82) is 0 Å². The van der Waals surface area contributed by atoms with Gasteiger partial charge in [-0.3, -0.25) is 9.59 Å². The zero-order valence-electron chi connectivity index (χ0n) is 13.9. The molecule has 3 aromatic rings.